The van der Waals surface area contributed by atoms with Crippen LogP contribution in [0.4, 0.5) is 9.80 Å². The normalized spacial score (nSPS) is 10.1. The van der Waals surface area contributed by atoms with Crippen molar-refractivity contribution in [1.82, 2.24) is 9.27 Å². The van der Waals surface area contributed by atoms with E-state index in [0.717, 1.165) is 16.3 Å². The molecule has 0 atom stereocenters. The van der Waals surface area contributed by atoms with Crippen LogP contribution in [0.3, 0.4) is 0 Å². The van der Waals surface area contributed by atoms with Crippen LogP contribution in [0.15, 0.2) is 43.0 Å². The summed E-state index contributed by atoms with van der Waals surface area (Å²) in [5, 5.41) is 3.56. The monoisotopic (exact) mass is 287 g/mol. The standard InChI is InChI=1S/C15H17N3OS/c1-4-9-18(3)15(19)16-14-10-13(17-20-14)12-7-5-11(2)6-8-12/h4-8,10H,1,9H2,2-3H3,(H,16,19). The zero-order valence-corrected chi connectivity index (χ0v) is 12.4. The number of nitrogens with zero attached hydrogens (tertiary/aromatic N) is 2. The lowest BCUT2D eigenvalue weighted by Crippen LogP contribution is -2.30. The second kappa shape index (κ2) is 6.34. The van der Waals surface area contributed by atoms with E-state index in [9.17, 15) is 4.79 Å². The lowest BCUT2D eigenvalue weighted by molar-refractivity contribution is 0.227. The number of carbonyl (C=O) groups excluding carboxylic acids is 1. The first-order chi connectivity index (χ1) is 9.60. The van der Waals surface area contributed by atoms with Crippen LogP contribution in [0.5, 0.6) is 0 Å². The molecule has 0 fully saturated rings. The number of anilines is 1. The van der Waals surface area contributed by atoms with Crippen molar-refractivity contribution in [2.45, 2.75) is 6.92 Å². The summed E-state index contributed by atoms with van der Waals surface area (Å²) in [6, 6.07) is 9.87. The maximum atomic E-state index is 11.8. The Morgan fingerprint density at radius 1 is 1.45 bits per heavy atom. The summed E-state index contributed by atoms with van der Waals surface area (Å²) < 4.78 is 4.36. The summed E-state index contributed by atoms with van der Waals surface area (Å²) in [5.74, 6) is 0. The smallest absolute Gasteiger partial charge is 0.322 e. The number of aryl methyl sites for hydroxylation is 1. The molecule has 1 heterocycles. The second-order valence-corrected chi connectivity index (χ2v) is 5.35. The highest BCUT2D eigenvalue weighted by atomic mass is 32.1. The summed E-state index contributed by atoms with van der Waals surface area (Å²) in [7, 11) is 1.72. The van der Waals surface area contributed by atoms with Gasteiger partial charge in [0.2, 0.25) is 0 Å². The Labute approximate surface area is 122 Å². The van der Waals surface area contributed by atoms with Crippen LogP contribution in [0, 0.1) is 6.92 Å². The minimum Gasteiger partial charge on any atom is -0.324 e. The quantitative estimate of drug-likeness (QED) is 0.870. The largest absolute Gasteiger partial charge is 0.324 e. The Morgan fingerprint density at radius 2 is 2.15 bits per heavy atom. The number of amides is 2. The number of nitrogens with one attached hydrogen (secondary N) is 1. The summed E-state index contributed by atoms with van der Waals surface area (Å²) >= 11 is 1.28. The molecule has 0 unspecified atom stereocenters. The van der Waals surface area contributed by atoms with Gasteiger partial charge in [0.25, 0.3) is 0 Å². The van der Waals surface area contributed by atoms with Gasteiger partial charge in [0.1, 0.15) is 5.00 Å². The zero-order chi connectivity index (χ0) is 14.5. The lowest BCUT2D eigenvalue weighted by atomic mass is 10.1. The molecule has 0 saturated carbocycles. The minimum atomic E-state index is -0.163. The van der Waals surface area contributed by atoms with Crippen molar-refractivity contribution in [2.75, 3.05) is 18.9 Å². The van der Waals surface area contributed by atoms with E-state index in [1.807, 2.05) is 37.3 Å². The van der Waals surface area contributed by atoms with Crippen molar-refractivity contribution in [3.8, 4) is 11.3 Å². The Balaban J connectivity index is 2.07. The van der Waals surface area contributed by atoms with Gasteiger partial charge in [0, 0.05) is 25.2 Å². The third-order valence-corrected chi connectivity index (χ3v) is 3.54. The van der Waals surface area contributed by atoms with Crippen LogP contribution in [-0.4, -0.2) is 28.9 Å². The van der Waals surface area contributed by atoms with E-state index in [4.69, 9.17) is 0 Å². The minimum absolute atomic E-state index is 0.163. The van der Waals surface area contributed by atoms with Crippen molar-refractivity contribution in [2.24, 2.45) is 0 Å². The molecule has 1 aromatic carbocycles. The van der Waals surface area contributed by atoms with Gasteiger partial charge >= 0.3 is 6.03 Å². The SMILES string of the molecule is C=CCN(C)C(=O)Nc1cc(-c2ccc(C)cc2)ns1. The fourth-order valence-electron chi connectivity index (χ4n) is 1.67. The molecule has 0 aliphatic rings. The number of urea groups is 1. The van der Waals surface area contributed by atoms with Crippen LogP contribution >= 0.6 is 11.5 Å². The van der Waals surface area contributed by atoms with E-state index in [1.54, 1.807) is 18.0 Å². The van der Waals surface area contributed by atoms with Gasteiger partial charge < -0.3 is 4.90 Å². The molecule has 2 rings (SSSR count). The summed E-state index contributed by atoms with van der Waals surface area (Å²) in [4.78, 5) is 13.4. The third-order valence-electron chi connectivity index (χ3n) is 2.84. The molecule has 1 N–H and O–H groups in total. The van der Waals surface area contributed by atoms with Crippen molar-refractivity contribution in [3.05, 3.63) is 48.6 Å². The van der Waals surface area contributed by atoms with E-state index < -0.39 is 0 Å². The van der Waals surface area contributed by atoms with Gasteiger partial charge in [0.15, 0.2) is 0 Å². The molecule has 0 spiro atoms. The zero-order valence-electron chi connectivity index (χ0n) is 11.6. The highest BCUT2D eigenvalue weighted by molar-refractivity contribution is 7.10. The Kier molecular flexibility index (Phi) is 4.53. The number of likely N-dealkylation sites (N-methyl/N-ethyl adjacent to an activating group) is 1. The fourth-order valence-corrected chi connectivity index (χ4v) is 2.32. The lowest BCUT2D eigenvalue weighted by Gasteiger charge is -2.14. The van der Waals surface area contributed by atoms with Crippen molar-refractivity contribution < 1.29 is 4.79 Å². The number of hydrogen-bond donors (Lipinski definition) is 1. The molecular weight excluding hydrogens is 270 g/mol. The van der Waals surface area contributed by atoms with Crippen LogP contribution in [-0.2, 0) is 0 Å². The highest BCUT2D eigenvalue weighted by Crippen LogP contribution is 2.25. The highest BCUT2D eigenvalue weighted by Gasteiger charge is 2.10. The van der Waals surface area contributed by atoms with Gasteiger partial charge in [0.05, 0.1) is 5.69 Å². The number of benzene rings is 1. The summed E-state index contributed by atoms with van der Waals surface area (Å²) in [6.07, 6.45) is 1.68. The summed E-state index contributed by atoms with van der Waals surface area (Å²) in [5.41, 5.74) is 3.13. The van der Waals surface area contributed by atoms with Crippen LogP contribution < -0.4 is 5.32 Å². The van der Waals surface area contributed by atoms with Gasteiger partial charge in [-0.1, -0.05) is 35.9 Å². The van der Waals surface area contributed by atoms with Crippen LogP contribution in [0.2, 0.25) is 0 Å². The van der Waals surface area contributed by atoms with Crippen LogP contribution in [0.1, 0.15) is 5.56 Å². The molecule has 2 aromatic rings. The second-order valence-electron chi connectivity index (χ2n) is 4.54. The van der Waals surface area contributed by atoms with Crippen molar-refractivity contribution in [3.63, 3.8) is 0 Å². The molecule has 0 radical (unpaired) electrons. The molecule has 5 heteroatoms. The Morgan fingerprint density at radius 3 is 2.80 bits per heavy atom. The first-order valence-corrected chi connectivity index (χ1v) is 7.04. The topological polar surface area (TPSA) is 45.2 Å². The third kappa shape index (κ3) is 3.45. The molecule has 0 saturated heterocycles. The van der Waals surface area contributed by atoms with Crippen molar-refractivity contribution >= 4 is 22.6 Å². The molecule has 0 aliphatic carbocycles. The number of rotatable bonds is 4. The molecule has 20 heavy (non-hydrogen) atoms. The number of carbonyl (C=O) groups is 1. The van der Waals surface area contributed by atoms with E-state index in [2.05, 4.69) is 16.3 Å². The van der Waals surface area contributed by atoms with Crippen LogP contribution in [0.25, 0.3) is 11.3 Å². The predicted molar refractivity (Wildman–Crippen MR) is 84.1 cm³/mol. The maximum absolute atomic E-state index is 11.8. The Hall–Kier alpha value is -2.14. The molecule has 0 aliphatic heterocycles. The molecular formula is C15H17N3OS. The van der Waals surface area contributed by atoms with E-state index in [0.29, 0.717) is 6.54 Å². The van der Waals surface area contributed by atoms with E-state index in [1.165, 1.54) is 17.1 Å². The van der Waals surface area contributed by atoms with E-state index in [-0.39, 0.29) is 6.03 Å². The molecule has 4 nitrogen and oxygen atoms in total. The molecule has 0 bridgehead atoms. The van der Waals surface area contributed by atoms with Crippen molar-refractivity contribution in [1.29, 1.82) is 0 Å². The maximum Gasteiger partial charge on any atom is 0.322 e. The Bertz CT molecular complexity index is 604. The van der Waals surface area contributed by atoms with Gasteiger partial charge in [-0.15, -0.1) is 6.58 Å². The first-order valence-electron chi connectivity index (χ1n) is 6.27. The average molecular weight is 287 g/mol. The number of hydrogen-bond acceptors (Lipinski definition) is 3. The van der Waals surface area contributed by atoms with Gasteiger partial charge in [-0.3, -0.25) is 5.32 Å². The molecule has 1 aromatic heterocycles. The fraction of sp³-hybridized carbons (Fsp3) is 0.200. The first kappa shape index (κ1) is 14.3. The predicted octanol–water partition coefficient (Wildman–Crippen LogP) is 3.77. The van der Waals surface area contributed by atoms with E-state index >= 15 is 0 Å². The summed E-state index contributed by atoms with van der Waals surface area (Å²) in [6.45, 7) is 6.17. The van der Waals surface area contributed by atoms with Gasteiger partial charge in [-0.25, -0.2) is 4.79 Å². The van der Waals surface area contributed by atoms with Gasteiger partial charge in [-0.2, -0.15) is 4.37 Å². The number of aromatic nitrogens is 1. The molecule has 2 amide bonds. The average Bonchev–Trinajstić information content (AvgIpc) is 2.88. The van der Waals surface area contributed by atoms with Gasteiger partial charge in [-0.05, 0) is 18.5 Å². The molecule has 104 valence electrons.